The quantitative estimate of drug-likeness (QED) is 0.758. The van der Waals surface area contributed by atoms with Crippen molar-refractivity contribution < 1.29 is 8.42 Å². The van der Waals surface area contributed by atoms with Crippen molar-refractivity contribution in [1.82, 2.24) is 0 Å². The third-order valence-electron chi connectivity index (χ3n) is 3.18. The number of sulfone groups is 1. The topological polar surface area (TPSA) is 87.2 Å². The molecule has 1 heterocycles. The lowest BCUT2D eigenvalue weighted by molar-refractivity contribution is 0.568. The largest absolute Gasteiger partial charge is 0.396 e. The molecule has 6 heteroatoms. The molecule has 1 fully saturated rings. The lowest BCUT2D eigenvalue weighted by Crippen LogP contribution is -2.47. The molecule has 1 aliphatic rings. The van der Waals surface area contributed by atoms with Gasteiger partial charge in [-0.3, -0.25) is 0 Å². The van der Waals surface area contributed by atoms with Crippen LogP contribution in [-0.4, -0.2) is 32.5 Å². The summed E-state index contributed by atoms with van der Waals surface area (Å²) in [5.74, 6) is 0.261. The zero-order valence-electron chi connectivity index (χ0n) is 10.1. The van der Waals surface area contributed by atoms with Crippen LogP contribution in [0.5, 0.6) is 0 Å². The summed E-state index contributed by atoms with van der Waals surface area (Å²) in [6.45, 7) is 2.28. The Morgan fingerprint density at radius 3 is 2.83 bits per heavy atom. The van der Waals surface area contributed by atoms with Crippen LogP contribution in [0.3, 0.4) is 0 Å². The van der Waals surface area contributed by atoms with E-state index in [0.717, 1.165) is 5.69 Å². The number of nitrogen functional groups attached to an aromatic ring is 1. The molecule has 0 spiro atoms. The number of nitrogens with two attached hydrogens (primary N) is 1. The van der Waals surface area contributed by atoms with Crippen LogP contribution in [0.15, 0.2) is 18.2 Å². The average Bonchev–Trinajstić information content (AvgIpc) is 2.29. The Labute approximate surface area is 107 Å². The molecule has 18 heavy (non-hydrogen) atoms. The van der Waals surface area contributed by atoms with Gasteiger partial charge in [-0.1, -0.05) is 6.07 Å². The summed E-state index contributed by atoms with van der Waals surface area (Å²) in [5.41, 5.74) is 7.53. The third kappa shape index (κ3) is 2.27. The zero-order valence-corrected chi connectivity index (χ0v) is 10.9. The van der Waals surface area contributed by atoms with Gasteiger partial charge in [0.2, 0.25) is 0 Å². The Morgan fingerprint density at radius 1 is 1.50 bits per heavy atom. The fraction of sp³-hybridized carbons (Fsp3) is 0.417. The van der Waals surface area contributed by atoms with E-state index in [-0.39, 0.29) is 17.5 Å². The normalized spacial score (nSPS) is 22.4. The van der Waals surface area contributed by atoms with E-state index in [9.17, 15) is 8.42 Å². The van der Waals surface area contributed by atoms with E-state index in [4.69, 9.17) is 11.0 Å². The number of anilines is 2. The highest BCUT2D eigenvalue weighted by Gasteiger charge is 2.29. The van der Waals surface area contributed by atoms with Crippen molar-refractivity contribution in [3.8, 4) is 6.07 Å². The molecule has 1 aromatic rings. The van der Waals surface area contributed by atoms with E-state index < -0.39 is 9.84 Å². The van der Waals surface area contributed by atoms with Gasteiger partial charge in [0.25, 0.3) is 0 Å². The number of benzene rings is 1. The average molecular weight is 265 g/mol. The lowest BCUT2D eigenvalue weighted by Gasteiger charge is -2.35. The van der Waals surface area contributed by atoms with E-state index in [1.54, 1.807) is 12.1 Å². The summed E-state index contributed by atoms with van der Waals surface area (Å²) in [4.78, 5) is 1.96. The molecule has 0 amide bonds. The molecule has 1 saturated heterocycles. The van der Waals surface area contributed by atoms with Crippen LogP contribution in [-0.2, 0) is 9.84 Å². The molecule has 2 rings (SSSR count). The molecule has 0 bridgehead atoms. The summed E-state index contributed by atoms with van der Waals surface area (Å²) >= 11 is 0. The molecule has 5 nitrogen and oxygen atoms in total. The van der Waals surface area contributed by atoms with Crippen molar-refractivity contribution in [3.63, 3.8) is 0 Å². The first kappa shape index (κ1) is 12.7. The summed E-state index contributed by atoms with van der Waals surface area (Å²) in [5, 5.41) is 8.95. The van der Waals surface area contributed by atoms with Crippen LogP contribution in [0.25, 0.3) is 0 Å². The molecule has 1 atom stereocenters. The zero-order chi connectivity index (χ0) is 13.3. The molecule has 0 saturated carbocycles. The fourth-order valence-electron chi connectivity index (χ4n) is 2.26. The molecule has 1 aliphatic heterocycles. The van der Waals surface area contributed by atoms with E-state index in [2.05, 4.69) is 0 Å². The number of para-hydroxylation sites is 1. The second-order valence-corrected chi connectivity index (χ2v) is 6.74. The van der Waals surface area contributed by atoms with Crippen LogP contribution in [0.1, 0.15) is 12.5 Å². The van der Waals surface area contributed by atoms with E-state index in [1.165, 1.54) is 0 Å². The summed E-state index contributed by atoms with van der Waals surface area (Å²) in [6.07, 6.45) is 0. The first-order valence-electron chi connectivity index (χ1n) is 5.70. The highest BCUT2D eigenvalue weighted by atomic mass is 32.2. The van der Waals surface area contributed by atoms with Gasteiger partial charge in [-0.25, -0.2) is 8.42 Å². The highest BCUT2D eigenvalue weighted by Crippen LogP contribution is 2.29. The minimum atomic E-state index is -2.95. The molecule has 0 aliphatic carbocycles. The molecule has 1 aromatic carbocycles. The molecule has 96 valence electrons. The van der Waals surface area contributed by atoms with E-state index in [0.29, 0.717) is 17.8 Å². The first-order chi connectivity index (χ1) is 8.44. The SMILES string of the molecule is CC1CS(=O)(=O)CCN1c1cccc(C#N)c1N. The second-order valence-electron chi connectivity index (χ2n) is 4.51. The summed E-state index contributed by atoms with van der Waals surface area (Å²) in [6, 6.07) is 7.16. The Bertz CT molecular complexity index is 604. The van der Waals surface area contributed by atoms with Crippen molar-refractivity contribution >= 4 is 21.2 Å². The third-order valence-corrected chi connectivity index (χ3v) is 4.98. The summed E-state index contributed by atoms with van der Waals surface area (Å²) in [7, 11) is -2.95. The maximum absolute atomic E-state index is 11.5. The first-order valence-corrected chi connectivity index (χ1v) is 7.52. The molecular formula is C12H15N3O2S. The van der Waals surface area contributed by atoms with Crippen molar-refractivity contribution in [3.05, 3.63) is 23.8 Å². The Morgan fingerprint density at radius 2 is 2.22 bits per heavy atom. The Balaban J connectivity index is 2.37. The Kier molecular flexibility index (Phi) is 3.18. The van der Waals surface area contributed by atoms with Crippen molar-refractivity contribution in [1.29, 1.82) is 5.26 Å². The lowest BCUT2D eigenvalue weighted by atomic mass is 10.1. The molecule has 1 unspecified atom stereocenters. The maximum Gasteiger partial charge on any atom is 0.154 e. The van der Waals surface area contributed by atoms with Crippen LogP contribution in [0.2, 0.25) is 0 Å². The van der Waals surface area contributed by atoms with Gasteiger partial charge in [-0.15, -0.1) is 0 Å². The van der Waals surface area contributed by atoms with E-state index in [1.807, 2.05) is 24.0 Å². The predicted molar refractivity (Wildman–Crippen MR) is 71.0 cm³/mol. The molecule has 2 N–H and O–H groups in total. The van der Waals surface area contributed by atoms with Gasteiger partial charge in [-0.2, -0.15) is 5.26 Å². The number of hydrogen-bond donors (Lipinski definition) is 1. The fourth-order valence-corrected chi connectivity index (χ4v) is 3.81. The van der Waals surface area contributed by atoms with Crippen LogP contribution in [0.4, 0.5) is 11.4 Å². The standard InChI is InChI=1S/C12H15N3O2S/c1-9-8-18(16,17)6-5-15(9)11-4-2-3-10(7-13)12(11)14/h2-4,9H,5-6,8,14H2,1H3. The molecule has 0 aromatic heterocycles. The monoisotopic (exact) mass is 265 g/mol. The van der Waals surface area contributed by atoms with Gasteiger partial charge >= 0.3 is 0 Å². The van der Waals surface area contributed by atoms with Gasteiger partial charge in [0.1, 0.15) is 6.07 Å². The maximum atomic E-state index is 11.5. The van der Waals surface area contributed by atoms with Crippen molar-refractivity contribution in [2.75, 3.05) is 28.7 Å². The van der Waals surface area contributed by atoms with Crippen LogP contribution >= 0.6 is 0 Å². The van der Waals surface area contributed by atoms with Crippen molar-refractivity contribution in [2.24, 2.45) is 0 Å². The molecular weight excluding hydrogens is 250 g/mol. The number of rotatable bonds is 1. The number of nitrogens with zero attached hydrogens (tertiary/aromatic N) is 2. The van der Waals surface area contributed by atoms with Crippen molar-refractivity contribution in [2.45, 2.75) is 13.0 Å². The van der Waals surface area contributed by atoms with Gasteiger partial charge in [0.15, 0.2) is 9.84 Å². The van der Waals surface area contributed by atoms with Crippen LogP contribution < -0.4 is 10.6 Å². The smallest absolute Gasteiger partial charge is 0.154 e. The van der Waals surface area contributed by atoms with Gasteiger partial charge in [0, 0.05) is 12.6 Å². The van der Waals surface area contributed by atoms with Gasteiger partial charge in [-0.05, 0) is 19.1 Å². The summed E-state index contributed by atoms with van der Waals surface area (Å²) < 4.78 is 23.1. The minimum absolute atomic E-state index is 0.125. The second kappa shape index (κ2) is 4.50. The van der Waals surface area contributed by atoms with Gasteiger partial charge < -0.3 is 10.6 Å². The van der Waals surface area contributed by atoms with Crippen LogP contribution in [0, 0.1) is 11.3 Å². The van der Waals surface area contributed by atoms with E-state index >= 15 is 0 Å². The predicted octanol–water partition coefficient (Wildman–Crippen LogP) is 0.764. The minimum Gasteiger partial charge on any atom is -0.396 e. The highest BCUT2D eigenvalue weighted by molar-refractivity contribution is 7.91. The number of hydrogen-bond acceptors (Lipinski definition) is 5. The number of nitriles is 1. The van der Waals surface area contributed by atoms with Gasteiger partial charge in [0.05, 0.1) is 28.4 Å². The Hall–Kier alpha value is -1.74. The molecule has 0 radical (unpaired) electrons.